The maximum atomic E-state index is 13.2. The number of aromatic nitrogens is 2. The number of aliphatic hydroxyl groups is 1. The Morgan fingerprint density at radius 1 is 1.34 bits per heavy atom. The first kappa shape index (κ1) is 22.8. The Hall–Kier alpha value is -2.42. The van der Waals surface area contributed by atoms with Crippen molar-refractivity contribution in [1.82, 2.24) is 20.0 Å². The second kappa shape index (κ2) is 9.60. The van der Waals surface area contributed by atoms with Crippen molar-refractivity contribution in [3.63, 3.8) is 0 Å². The minimum Gasteiger partial charge on any atom is -0.396 e. The van der Waals surface area contributed by atoms with E-state index < -0.39 is 5.41 Å². The Bertz CT molecular complexity index is 965. The molecule has 0 aliphatic carbocycles. The summed E-state index contributed by atoms with van der Waals surface area (Å²) in [6, 6.07) is 9.17. The van der Waals surface area contributed by atoms with E-state index in [0.29, 0.717) is 42.7 Å². The van der Waals surface area contributed by atoms with Gasteiger partial charge in [0, 0.05) is 23.7 Å². The van der Waals surface area contributed by atoms with Crippen molar-refractivity contribution in [2.45, 2.75) is 32.2 Å². The summed E-state index contributed by atoms with van der Waals surface area (Å²) in [5.74, 6) is -0.442. The number of carbonyl (C=O) groups is 2. The molecule has 3 heterocycles. The zero-order valence-corrected chi connectivity index (χ0v) is 19.0. The molecular formula is C23H29ClN4O4. The molecule has 1 saturated heterocycles. The van der Waals surface area contributed by atoms with Gasteiger partial charge in [0.15, 0.2) is 0 Å². The summed E-state index contributed by atoms with van der Waals surface area (Å²) in [5.41, 5.74) is 1.69. The first-order valence-electron chi connectivity index (χ1n) is 11.0. The van der Waals surface area contributed by atoms with Gasteiger partial charge in [0.2, 0.25) is 5.91 Å². The van der Waals surface area contributed by atoms with Crippen LogP contribution in [0, 0.1) is 5.41 Å². The monoisotopic (exact) mass is 460 g/mol. The van der Waals surface area contributed by atoms with Crippen LogP contribution in [0.4, 0.5) is 0 Å². The van der Waals surface area contributed by atoms with E-state index >= 15 is 0 Å². The maximum absolute atomic E-state index is 13.2. The Morgan fingerprint density at radius 3 is 2.72 bits per heavy atom. The van der Waals surface area contributed by atoms with Crippen LogP contribution in [0.1, 0.15) is 42.7 Å². The van der Waals surface area contributed by atoms with Crippen molar-refractivity contribution < 1.29 is 19.4 Å². The lowest BCUT2D eigenvalue weighted by Gasteiger charge is -2.40. The Balaban J connectivity index is 1.50. The highest BCUT2D eigenvalue weighted by molar-refractivity contribution is 6.30. The standard InChI is InChI=1S/C23H29ClN4O4/c1-2-3-4-18-10-27(11-21(30)25-12-23(13-29)14-32-15-23)22(31)20-9-19(26-28(18)20)16-5-7-17(24)8-6-16/h5-9,18,29H,2-4,10-15H2,1H3,(H,25,30). The summed E-state index contributed by atoms with van der Waals surface area (Å²) >= 11 is 6.00. The van der Waals surface area contributed by atoms with Gasteiger partial charge >= 0.3 is 0 Å². The summed E-state index contributed by atoms with van der Waals surface area (Å²) < 4.78 is 6.99. The molecule has 2 aliphatic heterocycles. The highest BCUT2D eigenvalue weighted by Crippen LogP contribution is 2.30. The lowest BCUT2D eigenvalue weighted by Crippen LogP contribution is -2.55. The third-order valence-corrected chi connectivity index (χ3v) is 6.45. The van der Waals surface area contributed by atoms with Crippen molar-refractivity contribution in [2.24, 2.45) is 5.41 Å². The smallest absolute Gasteiger partial charge is 0.272 e. The number of ether oxygens (including phenoxy) is 1. The van der Waals surface area contributed by atoms with E-state index in [2.05, 4.69) is 12.2 Å². The molecule has 1 atom stereocenters. The number of amides is 2. The Morgan fingerprint density at radius 2 is 2.09 bits per heavy atom. The van der Waals surface area contributed by atoms with Crippen LogP contribution < -0.4 is 5.32 Å². The number of aliphatic hydroxyl groups excluding tert-OH is 1. The zero-order chi connectivity index (χ0) is 22.7. The summed E-state index contributed by atoms with van der Waals surface area (Å²) in [6.45, 7) is 3.70. The number of carbonyl (C=O) groups excluding carboxylic acids is 2. The van der Waals surface area contributed by atoms with Crippen molar-refractivity contribution in [3.05, 3.63) is 41.0 Å². The van der Waals surface area contributed by atoms with Crippen LogP contribution in [-0.4, -0.2) is 71.1 Å². The highest BCUT2D eigenvalue weighted by Gasteiger charge is 2.39. The van der Waals surface area contributed by atoms with Gasteiger partial charge in [0.25, 0.3) is 5.91 Å². The third-order valence-electron chi connectivity index (χ3n) is 6.20. The fourth-order valence-electron chi connectivity index (χ4n) is 4.12. The van der Waals surface area contributed by atoms with Crippen molar-refractivity contribution in [3.8, 4) is 11.3 Å². The first-order chi connectivity index (χ1) is 15.4. The van der Waals surface area contributed by atoms with Gasteiger partial charge in [-0.1, -0.05) is 43.5 Å². The molecule has 2 aromatic rings. The van der Waals surface area contributed by atoms with E-state index in [-0.39, 0.29) is 31.0 Å². The van der Waals surface area contributed by atoms with E-state index in [1.165, 1.54) is 0 Å². The number of hydrogen-bond donors (Lipinski definition) is 2. The largest absolute Gasteiger partial charge is 0.396 e. The van der Waals surface area contributed by atoms with Gasteiger partial charge in [-0.15, -0.1) is 0 Å². The molecule has 2 aliphatic rings. The van der Waals surface area contributed by atoms with Crippen LogP contribution in [-0.2, 0) is 9.53 Å². The van der Waals surface area contributed by atoms with Crippen LogP contribution in [0.25, 0.3) is 11.3 Å². The molecule has 1 aromatic carbocycles. The van der Waals surface area contributed by atoms with Crippen LogP contribution in [0.15, 0.2) is 30.3 Å². The molecule has 1 unspecified atom stereocenters. The molecule has 32 heavy (non-hydrogen) atoms. The first-order valence-corrected chi connectivity index (χ1v) is 11.4. The predicted octanol–water partition coefficient (Wildman–Crippen LogP) is 2.52. The van der Waals surface area contributed by atoms with Gasteiger partial charge in [0.1, 0.15) is 5.69 Å². The number of hydrogen-bond acceptors (Lipinski definition) is 5. The molecule has 0 saturated carbocycles. The average Bonchev–Trinajstić information content (AvgIpc) is 3.21. The van der Waals surface area contributed by atoms with E-state index in [9.17, 15) is 14.7 Å². The molecule has 9 heteroatoms. The quantitative estimate of drug-likeness (QED) is 0.599. The average molecular weight is 461 g/mol. The lowest BCUT2D eigenvalue weighted by atomic mass is 9.87. The van der Waals surface area contributed by atoms with Gasteiger partial charge in [0.05, 0.1) is 43.5 Å². The van der Waals surface area contributed by atoms with Gasteiger partial charge in [-0.2, -0.15) is 5.10 Å². The molecule has 0 spiro atoms. The minimum absolute atomic E-state index is 0.0142. The minimum atomic E-state index is -0.405. The molecule has 8 nitrogen and oxygen atoms in total. The second-order valence-electron chi connectivity index (χ2n) is 8.78. The summed E-state index contributed by atoms with van der Waals surface area (Å²) in [5, 5.41) is 17.8. The topological polar surface area (TPSA) is 96.7 Å². The van der Waals surface area contributed by atoms with E-state index in [1.54, 1.807) is 23.1 Å². The molecular weight excluding hydrogens is 432 g/mol. The van der Waals surface area contributed by atoms with Gasteiger partial charge in [-0.3, -0.25) is 14.3 Å². The Labute approximate surface area is 192 Å². The van der Waals surface area contributed by atoms with Gasteiger partial charge in [-0.25, -0.2) is 0 Å². The summed E-state index contributed by atoms with van der Waals surface area (Å²) in [7, 11) is 0. The number of rotatable bonds is 9. The van der Waals surface area contributed by atoms with Crippen LogP contribution >= 0.6 is 11.6 Å². The molecule has 1 aromatic heterocycles. The van der Waals surface area contributed by atoms with Gasteiger partial charge < -0.3 is 20.1 Å². The number of unbranched alkanes of at least 4 members (excludes halogenated alkanes) is 1. The Kier molecular flexibility index (Phi) is 6.83. The summed E-state index contributed by atoms with van der Waals surface area (Å²) in [4.78, 5) is 27.4. The van der Waals surface area contributed by atoms with E-state index in [0.717, 1.165) is 24.8 Å². The number of nitrogens with zero attached hydrogens (tertiary/aromatic N) is 3. The van der Waals surface area contributed by atoms with Crippen LogP contribution in [0.3, 0.4) is 0 Å². The number of nitrogens with one attached hydrogen (secondary N) is 1. The van der Waals surface area contributed by atoms with E-state index in [1.807, 2.05) is 16.8 Å². The lowest BCUT2D eigenvalue weighted by molar-refractivity contribution is -0.141. The summed E-state index contributed by atoms with van der Waals surface area (Å²) in [6.07, 6.45) is 2.92. The van der Waals surface area contributed by atoms with E-state index in [4.69, 9.17) is 21.4 Å². The van der Waals surface area contributed by atoms with Crippen LogP contribution in [0.2, 0.25) is 5.02 Å². The SMILES string of the molecule is CCCCC1CN(CC(=O)NCC2(CO)COC2)C(=O)c2cc(-c3ccc(Cl)cc3)nn21. The molecule has 4 rings (SSSR count). The van der Waals surface area contributed by atoms with Gasteiger partial charge in [-0.05, 0) is 24.6 Å². The van der Waals surface area contributed by atoms with Crippen LogP contribution in [0.5, 0.6) is 0 Å². The number of halogens is 1. The predicted molar refractivity (Wildman–Crippen MR) is 120 cm³/mol. The molecule has 2 amide bonds. The highest BCUT2D eigenvalue weighted by atomic mass is 35.5. The van der Waals surface area contributed by atoms with Crippen molar-refractivity contribution >= 4 is 23.4 Å². The number of fused-ring (bicyclic) bond motifs is 1. The normalized spacial score (nSPS) is 19.4. The molecule has 1 fully saturated rings. The number of benzene rings is 1. The second-order valence-corrected chi connectivity index (χ2v) is 9.21. The third kappa shape index (κ3) is 4.67. The molecule has 172 valence electrons. The fraction of sp³-hybridized carbons (Fsp3) is 0.522. The van der Waals surface area contributed by atoms with Crippen molar-refractivity contribution in [2.75, 3.05) is 39.5 Å². The van der Waals surface area contributed by atoms with Crippen molar-refractivity contribution in [1.29, 1.82) is 0 Å². The molecule has 0 bridgehead atoms. The molecule has 0 radical (unpaired) electrons. The maximum Gasteiger partial charge on any atom is 0.272 e. The zero-order valence-electron chi connectivity index (χ0n) is 18.2. The fourth-order valence-corrected chi connectivity index (χ4v) is 4.24. The molecule has 2 N–H and O–H groups in total.